The van der Waals surface area contributed by atoms with Crippen molar-refractivity contribution < 1.29 is 0 Å². The molecule has 2 fully saturated rings. The molecule has 37 heavy (non-hydrogen) atoms. The van der Waals surface area contributed by atoms with Gasteiger partial charge in [-0.15, -0.1) is 0 Å². The lowest BCUT2D eigenvalue weighted by atomic mass is 9.81. The predicted octanol–water partition coefficient (Wildman–Crippen LogP) is 11.4. The van der Waals surface area contributed by atoms with Crippen molar-refractivity contribution in [2.75, 3.05) is 0 Å². The summed E-state index contributed by atoms with van der Waals surface area (Å²) in [5.74, 6) is 5.43. The molecule has 0 N–H and O–H groups in total. The van der Waals surface area contributed by atoms with E-state index in [-0.39, 0.29) is 0 Å². The van der Waals surface area contributed by atoms with E-state index in [1.807, 2.05) is 0 Å². The predicted molar refractivity (Wildman–Crippen MR) is 162 cm³/mol. The Morgan fingerprint density at radius 1 is 0.622 bits per heavy atom. The third-order valence-corrected chi connectivity index (χ3v) is 10.4. The Kier molecular flexibility index (Phi) is 9.06. The van der Waals surface area contributed by atoms with Crippen molar-refractivity contribution in [1.29, 1.82) is 0 Å². The van der Waals surface area contributed by atoms with Crippen LogP contribution in [0, 0.1) is 29.6 Å². The van der Waals surface area contributed by atoms with E-state index in [4.69, 9.17) is 0 Å². The largest absolute Gasteiger partial charge is 0.0625 e. The van der Waals surface area contributed by atoms with Gasteiger partial charge in [0.05, 0.1) is 0 Å². The summed E-state index contributed by atoms with van der Waals surface area (Å²) < 4.78 is 0. The summed E-state index contributed by atoms with van der Waals surface area (Å²) in [4.78, 5) is 0. The molecule has 0 heteroatoms. The molecule has 2 saturated carbocycles. The van der Waals surface area contributed by atoms with Crippen LogP contribution in [0.1, 0.15) is 109 Å². The molecule has 5 atom stereocenters. The standard InChI is InChI=1S/C37H50/c1-27(2)30-12-6-9-29(19-20-30)18-17-28(3)31-13-7-14-33(22-21-31)35-15-8-16-36(25-35)37-24-23-32-10-4-5-11-34(32)26-37/h4-5,8,10-11,15-16,23-31,33H,6-7,9,12-14,17-22H2,1-3H3/t28?,29?,30-,31?,33+/m0/s1. The maximum atomic E-state index is 2.58. The third-order valence-electron chi connectivity index (χ3n) is 10.4. The Bertz CT molecular complexity index is 1120. The van der Waals surface area contributed by atoms with Gasteiger partial charge in [-0.3, -0.25) is 0 Å². The van der Waals surface area contributed by atoms with Gasteiger partial charge in [0.25, 0.3) is 0 Å². The first-order valence-electron chi connectivity index (χ1n) is 15.7. The first-order chi connectivity index (χ1) is 18.1. The molecule has 0 spiro atoms. The number of hydrogen-bond acceptors (Lipinski definition) is 0. The molecule has 3 unspecified atom stereocenters. The van der Waals surface area contributed by atoms with Gasteiger partial charge in [0.1, 0.15) is 0 Å². The van der Waals surface area contributed by atoms with Gasteiger partial charge < -0.3 is 0 Å². The zero-order valence-corrected chi connectivity index (χ0v) is 23.8. The Labute approximate surface area is 227 Å². The van der Waals surface area contributed by atoms with Gasteiger partial charge in [-0.2, -0.15) is 0 Å². The molecule has 0 aliphatic heterocycles. The Morgan fingerprint density at radius 3 is 2.24 bits per heavy atom. The first kappa shape index (κ1) is 26.5. The molecule has 0 amide bonds. The van der Waals surface area contributed by atoms with E-state index in [1.165, 1.54) is 98.9 Å². The molecule has 0 heterocycles. The monoisotopic (exact) mass is 494 g/mol. The van der Waals surface area contributed by atoms with Gasteiger partial charge in [0, 0.05) is 0 Å². The Balaban J connectivity index is 1.16. The molecule has 0 nitrogen and oxygen atoms in total. The maximum Gasteiger partial charge on any atom is -0.0162 e. The van der Waals surface area contributed by atoms with Gasteiger partial charge in [0.15, 0.2) is 0 Å². The molecule has 0 saturated heterocycles. The van der Waals surface area contributed by atoms with Crippen LogP contribution in [-0.4, -0.2) is 0 Å². The fourth-order valence-corrected chi connectivity index (χ4v) is 7.67. The number of rotatable bonds is 7. The smallest absolute Gasteiger partial charge is 0.0162 e. The zero-order valence-electron chi connectivity index (χ0n) is 23.8. The average molecular weight is 495 g/mol. The molecule has 3 aromatic carbocycles. The molecular formula is C37H50. The van der Waals surface area contributed by atoms with Crippen LogP contribution in [0.5, 0.6) is 0 Å². The highest BCUT2D eigenvalue weighted by Gasteiger charge is 2.26. The summed E-state index contributed by atoms with van der Waals surface area (Å²) >= 11 is 0. The fourth-order valence-electron chi connectivity index (χ4n) is 7.67. The molecule has 0 radical (unpaired) electrons. The minimum atomic E-state index is 0.729. The summed E-state index contributed by atoms with van der Waals surface area (Å²) in [6, 6.07) is 25.1. The quantitative estimate of drug-likeness (QED) is 0.286. The Hall–Kier alpha value is -2.08. The molecule has 198 valence electrons. The van der Waals surface area contributed by atoms with E-state index in [9.17, 15) is 0 Å². The van der Waals surface area contributed by atoms with E-state index in [0.29, 0.717) is 0 Å². The van der Waals surface area contributed by atoms with E-state index in [0.717, 1.165) is 35.5 Å². The van der Waals surface area contributed by atoms with Crippen LogP contribution < -0.4 is 0 Å². The normalized spacial score (nSPS) is 26.1. The van der Waals surface area contributed by atoms with Crippen molar-refractivity contribution in [2.45, 2.75) is 104 Å². The van der Waals surface area contributed by atoms with Gasteiger partial charge in [0.2, 0.25) is 0 Å². The second-order valence-electron chi connectivity index (χ2n) is 13.1. The van der Waals surface area contributed by atoms with Crippen LogP contribution in [0.25, 0.3) is 21.9 Å². The number of hydrogen-bond donors (Lipinski definition) is 0. The minimum absolute atomic E-state index is 0.729. The molecule has 2 aliphatic rings. The SMILES string of the molecule is CC(CCC1CCC[C@H](C(C)C)CC1)C1CCC[C@@H](c2cccc(-c3ccc4ccccc4c3)c2)CC1. The van der Waals surface area contributed by atoms with Crippen LogP contribution in [0.2, 0.25) is 0 Å². The van der Waals surface area contributed by atoms with E-state index in [2.05, 4.69) is 87.5 Å². The molecule has 3 aromatic rings. The lowest BCUT2D eigenvalue weighted by molar-refractivity contribution is 0.269. The highest BCUT2D eigenvalue weighted by Crippen LogP contribution is 2.40. The summed E-state index contributed by atoms with van der Waals surface area (Å²) in [7, 11) is 0. The number of fused-ring (bicyclic) bond motifs is 1. The van der Waals surface area contributed by atoms with Crippen molar-refractivity contribution in [2.24, 2.45) is 29.6 Å². The van der Waals surface area contributed by atoms with E-state index in [1.54, 1.807) is 5.56 Å². The highest BCUT2D eigenvalue weighted by molar-refractivity contribution is 5.87. The van der Waals surface area contributed by atoms with Crippen LogP contribution in [0.15, 0.2) is 66.7 Å². The molecule has 0 bridgehead atoms. The highest BCUT2D eigenvalue weighted by atomic mass is 14.3. The third kappa shape index (κ3) is 6.87. The topological polar surface area (TPSA) is 0 Å². The number of benzene rings is 3. The average Bonchev–Trinajstić information content (AvgIpc) is 3.33. The maximum absolute atomic E-state index is 2.58. The van der Waals surface area contributed by atoms with Gasteiger partial charge >= 0.3 is 0 Å². The molecule has 2 aliphatic carbocycles. The fraction of sp³-hybridized carbons (Fsp3) is 0.568. The van der Waals surface area contributed by atoms with E-state index < -0.39 is 0 Å². The summed E-state index contributed by atoms with van der Waals surface area (Å²) in [5, 5.41) is 2.66. The molecule has 5 rings (SSSR count). The minimum Gasteiger partial charge on any atom is -0.0625 e. The van der Waals surface area contributed by atoms with Gasteiger partial charge in [-0.1, -0.05) is 133 Å². The molecular weight excluding hydrogens is 444 g/mol. The lowest BCUT2D eigenvalue weighted by Crippen LogP contribution is -2.13. The van der Waals surface area contributed by atoms with Crippen LogP contribution >= 0.6 is 0 Å². The summed E-state index contributed by atoms with van der Waals surface area (Å²) in [6.07, 6.45) is 17.4. The molecule has 0 aromatic heterocycles. The van der Waals surface area contributed by atoms with Gasteiger partial charge in [-0.25, -0.2) is 0 Å². The summed E-state index contributed by atoms with van der Waals surface area (Å²) in [5.41, 5.74) is 4.29. The van der Waals surface area contributed by atoms with Gasteiger partial charge in [-0.05, 0) is 94.7 Å². The van der Waals surface area contributed by atoms with Crippen molar-refractivity contribution in [1.82, 2.24) is 0 Å². The van der Waals surface area contributed by atoms with Crippen molar-refractivity contribution in [3.63, 3.8) is 0 Å². The second kappa shape index (κ2) is 12.6. The first-order valence-corrected chi connectivity index (χ1v) is 15.7. The van der Waals surface area contributed by atoms with Crippen molar-refractivity contribution in [3.8, 4) is 11.1 Å². The zero-order chi connectivity index (χ0) is 25.6. The van der Waals surface area contributed by atoms with E-state index >= 15 is 0 Å². The Morgan fingerprint density at radius 2 is 1.38 bits per heavy atom. The lowest BCUT2D eigenvalue weighted by Gasteiger charge is -2.25. The van der Waals surface area contributed by atoms with Crippen LogP contribution in [0.4, 0.5) is 0 Å². The van der Waals surface area contributed by atoms with Crippen molar-refractivity contribution >= 4 is 10.8 Å². The summed E-state index contributed by atoms with van der Waals surface area (Å²) in [6.45, 7) is 7.46. The van der Waals surface area contributed by atoms with Crippen LogP contribution in [-0.2, 0) is 0 Å². The van der Waals surface area contributed by atoms with Crippen LogP contribution in [0.3, 0.4) is 0 Å². The second-order valence-corrected chi connectivity index (χ2v) is 13.1. The van der Waals surface area contributed by atoms with Crippen molar-refractivity contribution in [3.05, 3.63) is 72.3 Å².